The number of amides is 2. The lowest BCUT2D eigenvalue weighted by Gasteiger charge is -2.37. The summed E-state index contributed by atoms with van der Waals surface area (Å²) in [6.07, 6.45) is 7.69. The minimum atomic E-state index is -0.189. The normalized spacial score (nSPS) is 17.4. The first-order chi connectivity index (χ1) is 14.1. The van der Waals surface area contributed by atoms with Crippen LogP contribution in [0.4, 0.5) is 11.4 Å². The molecule has 0 unspecified atom stereocenters. The molecule has 1 aromatic heterocycles. The molecule has 29 heavy (non-hydrogen) atoms. The van der Waals surface area contributed by atoms with Gasteiger partial charge in [-0.2, -0.15) is 0 Å². The fraction of sp³-hybridized carbons (Fsp3) is 0.409. The number of pyridine rings is 1. The summed E-state index contributed by atoms with van der Waals surface area (Å²) < 4.78 is 0.769. The molecule has 1 aliphatic heterocycles. The molecule has 0 spiro atoms. The smallest absolute Gasteiger partial charge is 0.257 e. The number of carbonyl (C=O) groups excluding carboxylic acids is 2. The third-order valence-electron chi connectivity index (χ3n) is 5.75. The third-order valence-corrected chi connectivity index (χ3v) is 6.19. The van der Waals surface area contributed by atoms with E-state index in [1.165, 1.54) is 12.8 Å². The van der Waals surface area contributed by atoms with Gasteiger partial charge >= 0.3 is 0 Å². The lowest BCUT2D eigenvalue weighted by molar-refractivity contribution is -0.135. The minimum Gasteiger partial charge on any atom is -0.368 e. The monoisotopic (exact) mass is 456 g/mol. The van der Waals surface area contributed by atoms with Crippen LogP contribution in [-0.4, -0.2) is 47.9 Å². The Bertz CT molecular complexity index is 873. The molecule has 0 atom stereocenters. The maximum absolute atomic E-state index is 12.6. The molecule has 2 heterocycles. The summed E-state index contributed by atoms with van der Waals surface area (Å²) in [4.78, 5) is 33.3. The highest BCUT2D eigenvalue weighted by atomic mass is 79.9. The second-order valence-electron chi connectivity index (χ2n) is 7.69. The maximum Gasteiger partial charge on any atom is 0.257 e. The third kappa shape index (κ3) is 4.78. The van der Waals surface area contributed by atoms with E-state index in [0.29, 0.717) is 11.5 Å². The molecular formula is C22H25BrN4O2. The predicted octanol–water partition coefficient (Wildman–Crippen LogP) is 3.94. The van der Waals surface area contributed by atoms with E-state index in [1.807, 2.05) is 29.2 Å². The summed E-state index contributed by atoms with van der Waals surface area (Å²) >= 11 is 3.33. The van der Waals surface area contributed by atoms with E-state index >= 15 is 0 Å². The van der Waals surface area contributed by atoms with E-state index in [1.54, 1.807) is 18.5 Å². The van der Waals surface area contributed by atoms with Gasteiger partial charge < -0.3 is 15.1 Å². The fourth-order valence-corrected chi connectivity index (χ4v) is 4.48. The predicted molar refractivity (Wildman–Crippen MR) is 117 cm³/mol. The molecule has 2 aliphatic rings. The Hall–Kier alpha value is -2.41. The van der Waals surface area contributed by atoms with Crippen molar-refractivity contribution in [3.05, 3.63) is 52.8 Å². The first-order valence-electron chi connectivity index (χ1n) is 10.2. The Morgan fingerprint density at radius 2 is 1.69 bits per heavy atom. The van der Waals surface area contributed by atoms with Gasteiger partial charge in [0, 0.05) is 60.3 Å². The summed E-state index contributed by atoms with van der Waals surface area (Å²) in [5.74, 6) is 0.415. The van der Waals surface area contributed by atoms with Crippen LogP contribution < -0.4 is 10.2 Å². The number of carbonyl (C=O) groups is 2. The van der Waals surface area contributed by atoms with Crippen molar-refractivity contribution >= 4 is 39.1 Å². The van der Waals surface area contributed by atoms with Gasteiger partial charge in [-0.25, -0.2) is 0 Å². The van der Waals surface area contributed by atoms with Crippen molar-refractivity contribution in [1.29, 1.82) is 0 Å². The van der Waals surface area contributed by atoms with Crippen molar-refractivity contribution in [2.75, 3.05) is 36.4 Å². The largest absolute Gasteiger partial charge is 0.368 e. The molecule has 1 N–H and O–H groups in total. The zero-order valence-corrected chi connectivity index (χ0v) is 17.9. The molecule has 2 aromatic rings. The number of hydrogen-bond acceptors (Lipinski definition) is 4. The highest BCUT2D eigenvalue weighted by Gasteiger charge is 2.29. The summed E-state index contributed by atoms with van der Waals surface area (Å²) in [5.41, 5.74) is 2.36. The van der Waals surface area contributed by atoms with Gasteiger partial charge in [-0.1, -0.05) is 12.8 Å². The number of benzene rings is 1. The van der Waals surface area contributed by atoms with Crippen LogP contribution in [0.25, 0.3) is 0 Å². The van der Waals surface area contributed by atoms with Gasteiger partial charge in [0.25, 0.3) is 5.91 Å². The summed E-state index contributed by atoms with van der Waals surface area (Å²) in [6, 6.07) is 9.60. The average Bonchev–Trinajstić information content (AvgIpc) is 3.29. The fourth-order valence-electron chi connectivity index (χ4n) is 4.11. The van der Waals surface area contributed by atoms with Gasteiger partial charge in [0.15, 0.2) is 0 Å². The Labute approximate surface area is 179 Å². The van der Waals surface area contributed by atoms with Gasteiger partial charge in [0.2, 0.25) is 5.91 Å². The molecule has 152 valence electrons. The molecular weight excluding hydrogens is 432 g/mol. The van der Waals surface area contributed by atoms with Crippen molar-refractivity contribution in [2.45, 2.75) is 25.7 Å². The van der Waals surface area contributed by atoms with Crippen LogP contribution in [0.2, 0.25) is 0 Å². The van der Waals surface area contributed by atoms with E-state index < -0.39 is 0 Å². The summed E-state index contributed by atoms with van der Waals surface area (Å²) in [5, 5.41) is 2.90. The molecule has 2 amide bonds. The van der Waals surface area contributed by atoms with Gasteiger partial charge in [-0.05, 0) is 59.1 Å². The molecule has 1 saturated heterocycles. The topological polar surface area (TPSA) is 65.5 Å². The summed E-state index contributed by atoms with van der Waals surface area (Å²) in [6.45, 7) is 3.25. The zero-order chi connectivity index (χ0) is 20.2. The highest BCUT2D eigenvalue weighted by Crippen LogP contribution is 2.27. The van der Waals surface area contributed by atoms with Crippen LogP contribution in [0.5, 0.6) is 0 Å². The second-order valence-corrected chi connectivity index (χ2v) is 8.60. The molecule has 6 nitrogen and oxygen atoms in total. The van der Waals surface area contributed by atoms with Gasteiger partial charge in [0.05, 0.1) is 5.56 Å². The maximum atomic E-state index is 12.6. The molecule has 1 aromatic carbocycles. The van der Waals surface area contributed by atoms with E-state index in [0.717, 1.165) is 54.9 Å². The number of anilines is 2. The van der Waals surface area contributed by atoms with Crippen LogP contribution in [0, 0.1) is 5.92 Å². The van der Waals surface area contributed by atoms with Crippen molar-refractivity contribution in [1.82, 2.24) is 9.88 Å². The second kappa shape index (κ2) is 8.95. The number of piperazine rings is 1. The van der Waals surface area contributed by atoms with Gasteiger partial charge in [-0.15, -0.1) is 0 Å². The number of hydrogen-bond donors (Lipinski definition) is 1. The van der Waals surface area contributed by atoms with Crippen molar-refractivity contribution in [3.63, 3.8) is 0 Å². The summed E-state index contributed by atoms with van der Waals surface area (Å²) in [7, 11) is 0. The molecule has 1 aliphatic carbocycles. The Morgan fingerprint density at radius 1 is 1.00 bits per heavy atom. The molecule has 2 fully saturated rings. The quantitative estimate of drug-likeness (QED) is 0.756. The molecule has 0 radical (unpaired) electrons. The molecule has 4 rings (SSSR count). The van der Waals surface area contributed by atoms with Crippen LogP contribution in [0.1, 0.15) is 36.0 Å². The Balaban J connectivity index is 1.31. The Kier molecular flexibility index (Phi) is 6.13. The number of aromatic nitrogens is 1. The van der Waals surface area contributed by atoms with Crippen molar-refractivity contribution < 1.29 is 9.59 Å². The Morgan fingerprint density at radius 3 is 2.34 bits per heavy atom. The van der Waals surface area contributed by atoms with Crippen LogP contribution in [0.3, 0.4) is 0 Å². The first kappa shape index (κ1) is 19.9. The standard InChI is InChI=1S/C22H25BrN4O2/c23-18-13-17(14-24-15-18)21(28)25-19-5-7-20(8-6-19)26-9-11-27(12-10-26)22(29)16-3-1-2-4-16/h5-8,13-16H,1-4,9-12H2,(H,25,28). The molecule has 0 bridgehead atoms. The van der Waals surface area contributed by atoms with Crippen molar-refractivity contribution in [2.24, 2.45) is 5.92 Å². The highest BCUT2D eigenvalue weighted by molar-refractivity contribution is 9.10. The lowest BCUT2D eigenvalue weighted by atomic mass is 10.1. The van der Waals surface area contributed by atoms with Crippen LogP contribution in [0.15, 0.2) is 47.2 Å². The van der Waals surface area contributed by atoms with Crippen molar-refractivity contribution in [3.8, 4) is 0 Å². The van der Waals surface area contributed by atoms with Gasteiger partial charge in [0.1, 0.15) is 0 Å². The van der Waals surface area contributed by atoms with E-state index in [9.17, 15) is 9.59 Å². The molecule has 7 heteroatoms. The lowest BCUT2D eigenvalue weighted by Crippen LogP contribution is -2.50. The zero-order valence-electron chi connectivity index (χ0n) is 16.3. The average molecular weight is 457 g/mol. The van der Waals surface area contributed by atoms with E-state index in [-0.39, 0.29) is 11.8 Å². The first-order valence-corrected chi connectivity index (χ1v) is 10.9. The molecule has 1 saturated carbocycles. The number of nitrogens with zero attached hydrogens (tertiary/aromatic N) is 3. The minimum absolute atomic E-state index is 0.189. The number of nitrogens with one attached hydrogen (secondary N) is 1. The van der Waals surface area contributed by atoms with E-state index in [2.05, 4.69) is 31.1 Å². The van der Waals surface area contributed by atoms with Crippen LogP contribution >= 0.6 is 15.9 Å². The number of rotatable bonds is 4. The van der Waals surface area contributed by atoms with Gasteiger partial charge in [-0.3, -0.25) is 14.6 Å². The SMILES string of the molecule is O=C(Nc1ccc(N2CCN(C(=O)C3CCCC3)CC2)cc1)c1cncc(Br)c1. The van der Waals surface area contributed by atoms with E-state index in [4.69, 9.17) is 0 Å². The number of halogens is 1. The van der Waals surface area contributed by atoms with Crippen LogP contribution in [-0.2, 0) is 4.79 Å².